The summed E-state index contributed by atoms with van der Waals surface area (Å²) in [7, 11) is 0. The molecule has 404 valence electrons. The van der Waals surface area contributed by atoms with Crippen LogP contribution >= 0.6 is 0 Å². The van der Waals surface area contributed by atoms with Crippen molar-refractivity contribution >= 4 is 43.1 Å². The average Bonchev–Trinajstić information content (AvgIpc) is 1.98. The molecule has 0 radical (unpaired) electrons. The fraction of sp³-hybridized carbons (Fsp3) is 0.139. The Morgan fingerprint density at radius 2 is 0.786 bits per heavy atom. The third-order valence-corrected chi connectivity index (χ3v) is 19.2. The van der Waals surface area contributed by atoms with Gasteiger partial charge in [-0.25, -0.2) is 0 Å². The van der Waals surface area contributed by atoms with Crippen molar-refractivity contribution in [3.63, 3.8) is 0 Å². The minimum atomic E-state index is -0.237. The van der Waals surface area contributed by atoms with E-state index in [0.717, 1.165) is 131 Å². The molecule has 3 aliphatic heterocycles. The summed E-state index contributed by atoms with van der Waals surface area (Å²) >= 11 is 0. The molecule has 5 nitrogen and oxygen atoms in total. The first kappa shape index (κ1) is 48.8. The third kappa shape index (κ3) is 7.82. The lowest BCUT2D eigenvalue weighted by atomic mass is 9.71. The zero-order valence-electron chi connectivity index (χ0n) is 46.2. The summed E-state index contributed by atoms with van der Waals surface area (Å²) in [5, 5.41) is 30.2. The van der Waals surface area contributed by atoms with Gasteiger partial charge in [0.25, 0.3) is 0 Å². The maximum atomic E-state index is 10.8. The lowest BCUT2D eigenvalue weighted by Gasteiger charge is -2.37. The number of hydrogen-bond donors (Lipinski definition) is 2. The third-order valence-electron chi connectivity index (χ3n) is 19.2. The molecule has 17 rings (SSSR count). The van der Waals surface area contributed by atoms with E-state index in [-0.39, 0.29) is 41.1 Å². The molecule has 0 saturated heterocycles. The normalized spacial score (nSPS) is 22.2. The standard InChI is InChI=1S/C79H58O5/c80-57-30-32-59-55(44-57)28-38-65-74(59)71(52-22-16-49(17-23-52)46-10-4-1-5-11-46)76-61-34-42-69-78(63(61)36-40-67(76)82-65)73(54-26-20-51(21-27-54)48-14-8-3-9-15-48)79-64-37-41-68-77(62(64)35-43-70(79)84-69)72(53-24-18-50(19-25-53)47-12-6-2-7-13-47)75-60-33-31-58(81)45-56(60)29-39-66(75)83-68/h1-12,14,16,18-24,26-45,47-49,53,71-73,80-81H,13,15,17,25H2. The molecule has 2 N–H and O–H groups in total. The Labute approximate surface area is 488 Å². The topological polar surface area (TPSA) is 68.2 Å². The van der Waals surface area contributed by atoms with Crippen molar-refractivity contribution in [3.05, 3.63) is 310 Å². The van der Waals surface area contributed by atoms with Crippen molar-refractivity contribution in [3.8, 4) is 46.0 Å². The fourth-order valence-corrected chi connectivity index (χ4v) is 15.3. The van der Waals surface area contributed by atoms with E-state index in [0.29, 0.717) is 11.8 Å². The van der Waals surface area contributed by atoms with Gasteiger partial charge in [-0.05, 0) is 163 Å². The van der Waals surface area contributed by atoms with E-state index in [9.17, 15) is 10.2 Å². The minimum Gasteiger partial charge on any atom is -0.508 e. The van der Waals surface area contributed by atoms with Gasteiger partial charge in [-0.1, -0.05) is 188 Å². The zero-order chi connectivity index (χ0) is 55.6. The second-order valence-electron chi connectivity index (χ2n) is 23.8. The first-order valence-electron chi connectivity index (χ1n) is 29.8. The van der Waals surface area contributed by atoms with Crippen molar-refractivity contribution < 1.29 is 24.4 Å². The molecule has 7 aliphatic rings. The van der Waals surface area contributed by atoms with Crippen molar-refractivity contribution in [1.29, 1.82) is 0 Å². The fourth-order valence-electron chi connectivity index (χ4n) is 15.3. The largest absolute Gasteiger partial charge is 0.508 e. The minimum absolute atomic E-state index is 0.0694. The first-order valence-corrected chi connectivity index (χ1v) is 29.8. The molecule has 7 atom stereocenters. The number of hydrogen-bond acceptors (Lipinski definition) is 5. The molecule has 7 unspecified atom stereocenters. The van der Waals surface area contributed by atoms with Crippen LogP contribution in [0.3, 0.4) is 0 Å². The monoisotopic (exact) mass is 1090 g/mol. The van der Waals surface area contributed by atoms with Gasteiger partial charge in [0, 0.05) is 68.9 Å². The second-order valence-corrected chi connectivity index (χ2v) is 23.8. The van der Waals surface area contributed by atoms with Crippen molar-refractivity contribution in [2.24, 2.45) is 11.8 Å². The van der Waals surface area contributed by atoms with Gasteiger partial charge in [0.05, 0.1) is 0 Å². The molecule has 0 bridgehead atoms. The highest BCUT2D eigenvalue weighted by Crippen LogP contribution is 2.60. The second kappa shape index (κ2) is 19.4. The van der Waals surface area contributed by atoms with Gasteiger partial charge in [0.2, 0.25) is 0 Å². The molecule has 0 spiro atoms. The van der Waals surface area contributed by atoms with Gasteiger partial charge in [-0.2, -0.15) is 0 Å². The zero-order valence-corrected chi connectivity index (χ0v) is 46.2. The lowest BCUT2D eigenvalue weighted by molar-refractivity contribution is 0.426. The van der Waals surface area contributed by atoms with Crippen LogP contribution in [0.2, 0.25) is 0 Å². The Morgan fingerprint density at radius 1 is 0.333 bits per heavy atom. The lowest BCUT2D eigenvalue weighted by Crippen LogP contribution is -2.21. The molecule has 84 heavy (non-hydrogen) atoms. The van der Waals surface area contributed by atoms with E-state index in [4.69, 9.17) is 14.2 Å². The van der Waals surface area contributed by atoms with E-state index < -0.39 is 0 Å². The number of benzene rings is 10. The number of allylic oxidation sites excluding steroid dienone is 16. The van der Waals surface area contributed by atoms with E-state index >= 15 is 0 Å². The Kier molecular flexibility index (Phi) is 11.3. The van der Waals surface area contributed by atoms with Gasteiger partial charge >= 0.3 is 0 Å². The van der Waals surface area contributed by atoms with Crippen LogP contribution in [0.25, 0.3) is 43.1 Å². The highest BCUT2D eigenvalue weighted by atomic mass is 16.5. The van der Waals surface area contributed by atoms with Crippen LogP contribution in [-0.2, 0) is 0 Å². The van der Waals surface area contributed by atoms with Crippen LogP contribution in [0.4, 0.5) is 0 Å². The summed E-state index contributed by atoms with van der Waals surface area (Å²) in [5.74, 6) is 6.11. The molecule has 0 amide bonds. The van der Waals surface area contributed by atoms with Crippen LogP contribution in [0, 0.1) is 11.8 Å². The van der Waals surface area contributed by atoms with Crippen LogP contribution in [0.1, 0.15) is 105 Å². The van der Waals surface area contributed by atoms with Gasteiger partial charge in [-0.15, -0.1) is 0 Å². The van der Waals surface area contributed by atoms with Crippen molar-refractivity contribution in [1.82, 2.24) is 0 Å². The summed E-state index contributed by atoms with van der Waals surface area (Å²) in [5.41, 5.74) is 13.2. The molecule has 5 heteroatoms. The number of phenolic OH excluding ortho intramolecular Hbond substituents is 2. The quantitative estimate of drug-likeness (QED) is 0.174. The van der Waals surface area contributed by atoms with Crippen molar-refractivity contribution in [2.45, 2.75) is 55.3 Å². The van der Waals surface area contributed by atoms with Crippen LogP contribution in [0.15, 0.2) is 260 Å². The number of phenols is 2. The molecular weight excluding hydrogens is 1030 g/mol. The Hall–Kier alpha value is -9.84. The smallest absolute Gasteiger partial charge is 0.132 e. The molecule has 10 aromatic rings. The highest BCUT2D eigenvalue weighted by Gasteiger charge is 2.41. The first-order chi connectivity index (χ1) is 41.5. The number of rotatable bonds is 6. The number of aromatic hydroxyl groups is 2. The number of ether oxygens (including phenoxy) is 3. The summed E-state index contributed by atoms with van der Waals surface area (Å²) < 4.78 is 21.5. The summed E-state index contributed by atoms with van der Waals surface area (Å²) in [6.45, 7) is 0. The summed E-state index contributed by atoms with van der Waals surface area (Å²) in [6, 6.07) is 57.9. The Balaban J connectivity index is 0.874. The van der Waals surface area contributed by atoms with E-state index in [2.05, 4.69) is 225 Å². The van der Waals surface area contributed by atoms with E-state index in [1.54, 1.807) is 6.07 Å². The highest BCUT2D eigenvalue weighted by molar-refractivity contribution is 6.02. The van der Waals surface area contributed by atoms with Gasteiger partial charge < -0.3 is 24.4 Å². The van der Waals surface area contributed by atoms with Crippen molar-refractivity contribution in [2.75, 3.05) is 0 Å². The predicted octanol–water partition coefficient (Wildman–Crippen LogP) is 20.4. The molecule has 4 aliphatic carbocycles. The molecule has 3 heterocycles. The maximum absolute atomic E-state index is 10.8. The number of fused-ring (bicyclic) bond motifs is 16. The van der Waals surface area contributed by atoms with Gasteiger partial charge in [0.15, 0.2) is 0 Å². The van der Waals surface area contributed by atoms with Gasteiger partial charge in [0.1, 0.15) is 46.0 Å². The molecule has 0 saturated carbocycles. The van der Waals surface area contributed by atoms with E-state index in [1.165, 1.54) is 33.4 Å². The molecule has 0 aromatic heterocycles. The van der Waals surface area contributed by atoms with Gasteiger partial charge in [-0.3, -0.25) is 0 Å². The van der Waals surface area contributed by atoms with Crippen LogP contribution < -0.4 is 14.2 Å². The van der Waals surface area contributed by atoms with Crippen LogP contribution in [0.5, 0.6) is 46.0 Å². The summed E-state index contributed by atoms with van der Waals surface area (Å²) in [4.78, 5) is 0. The Bertz CT molecular complexity index is 4700. The van der Waals surface area contributed by atoms with E-state index in [1.807, 2.05) is 18.2 Å². The maximum Gasteiger partial charge on any atom is 0.132 e. The van der Waals surface area contributed by atoms with Crippen LogP contribution in [-0.4, -0.2) is 10.2 Å². The Morgan fingerprint density at radius 3 is 1.33 bits per heavy atom. The summed E-state index contributed by atoms with van der Waals surface area (Å²) in [6.07, 6.45) is 36.0. The average molecular weight is 1090 g/mol. The molecular formula is C79H58O5. The SMILES string of the molecule is Oc1ccc2c3c(ccc2c1)Oc1ccc2c4c(ccc2c1C3C1=CCC(c2ccccc2)C=C1)Oc1ccc2c3c(ccc2c1C4c1ccc(C2C=CC=CC2)cc1)Oc1ccc2cc(O)ccc2c1C3C1C=CC(C2C=CC=CC2)=CC1. The molecule has 0 fully saturated rings. The predicted molar refractivity (Wildman–Crippen MR) is 339 cm³/mol. The molecule has 10 aromatic carbocycles.